The van der Waals surface area contributed by atoms with Crippen LogP contribution in [0.4, 0.5) is 0 Å². The largest absolute Gasteiger partial charge is 0.480 e. The van der Waals surface area contributed by atoms with Gasteiger partial charge in [0.1, 0.15) is 36.3 Å². The van der Waals surface area contributed by atoms with Crippen molar-refractivity contribution in [3.05, 3.63) is 71.8 Å². The molecule has 0 aromatic heterocycles. The standard InChI is InChI=1S/C40H56N12O8S2/c1-23(46-33(54)26-14-17-52(18-15-26)40(43)44)32(53)50-30-21-61-62-22-31(38(59)60)51-36(57)29(20-25-11-6-3-7-12-25)49-35(56)28(19-24-9-4-2-5-10-24)48-34(55)27(47-37(30)58)13-8-16-45-39(41)42/h2-7,9-12,23,26-31H,8,13-22H2,1H3,(H3,43,44)(H,46,54)(H,47,58)(H,48,55)(H,49,56)(H,50,53)(H,51,57)(H,59,60)(H4,41,42,45)/t23-,27-,28-,29-,30-,31-/m0/s1. The van der Waals surface area contributed by atoms with Crippen molar-refractivity contribution >= 4 is 74.9 Å². The number of hydrogen-bond acceptors (Lipinski definition) is 11. The molecule has 14 N–H and O–H groups in total. The monoisotopic (exact) mass is 896 g/mol. The van der Waals surface area contributed by atoms with Gasteiger partial charge in [0.2, 0.25) is 35.4 Å². The molecule has 6 amide bonds. The van der Waals surface area contributed by atoms with Crippen molar-refractivity contribution in [3.8, 4) is 0 Å². The molecule has 2 saturated heterocycles. The fourth-order valence-corrected chi connectivity index (χ4v) is 8.96. The summed E-state index contributed by atoms with van der Waals surface area (Å²) in [7, 11) is 2.06. The first-order valence-corrected chi connectivity index (χ1v) is 22.6. The molecule has 2 aromatic rings. The number of carboxylic acids is 1. The number of carboxylic acid groups (broad SMARTS) is 1. The number of rotatable bonds is 13. The highest BCUT2D eigenvalue weighted by Crippen LogP contribution is 2.24. The number of guanidine groups is 2. The van der Waals surface area contributed by atoms with Crippen LogP contribution in [0.1, 0.15) is 43.7 Å². The van der Waals surface area contributed by atoms with E-state index in [1.54, 1.807) is 65.6 Å². The van der Waals surface area contributed by atoms with Crippen LogP contribution in [-0.4, -0.2) is 131 Å². The van der Waals surface area contributed by atoms with Gasteiger partial charge in [-0.3, -0.25) is 39.2 Å². The van der Waals surface area contributed by atoms with Gasteiger partial charge in [-0.05, 0) is 43.7 Å². The maximum absolute atomic E-state index is 14.2. The number of aliphatic carboxylic acids is 1. The van der Waals surface area contributed by atoms with Gasteiger partial charge in [-0.25, -0.2) is 4.79 Å². The third-order valence-corrected chi connectivity index (χ3v) is 12.6. The molecule has 2 aliphatic heterocycles. The molecule has 20 nitrogen and oxygen atoms in total. The van der Waals surface area contributed by atoms with Crippen molar-refractivity contribution in [3.63, 3.8) is 0 Å². The van der Waals surface area contributed by atoms with E-state index in [2.05, 4.69) is 36.9 Å². The third kappa shape index (κ3) is 15.8. The predicted octanol–water partition coefficient (Wildman–Crippen LogP) is -1.46. The first-order valence-electron chi connectivity index (χ1n) is 20.1. The number of nitrogens with one attached hydrogen (secondary N) is 7. The quantitative estimate of drug-likeness (QED) is 0.0474. The lowest BCUT2D eigenvalue weighted by Crippen LogP contribution is -2.60. The molecule has 62 heavy (non-hydrogen) atoms. The lowest BCUT2D eigenvalue weighted by atomic mass is 9.96. The van der Waals surface area contributed by atoms with Crippen molar-refractivity contribution in [2.24, 2.45) is 28.1 Å². The van der Waals surface area contributed by atoms with Crippen LogP contribution in [0.15, 0.2) is 65.7 Å². The number of carbonyl (C=O) groups is 7. The summed E-state index contributed by atoms with van der Waals surface area (Å²) in [4.78, 5) is 101. The van der Waals surface area contributed by atoms with Crippen LogP contribution in [0, 0.1) is 11.3 Å². The van der Waals surface area contributed by atoms with Crippen molar-refractivity contribution < 1.29 is 38.7 Å². The van der Waals surface area contributed by atoms with Gasteiger partial charge in [-0.1, -0.05) is 82.3 Å². The lowest BCUT2D eigenvalue weighted by Gasteiger charge is -2.32. The van der Waals surface area contributed by atoms with Crippen LogP contribution in [-0.2, 0) is 46.4 Å². The second-order valence-corrected chi connectivity index (χ2v) is 17.5. The van der Waals surface area contributed by atoms with Gasteiger partial charge >= 0.3 is 5.97 Å². The Morgan fingerprint density at radius 2 is 1.32 bits per heavy atom. The van der Waals surface area contributed by atoms with Crippen molar-refractivity contribution in [1.82, 2.24) is 36.8 Å². The van der Waals surface area contributed by atoms with Crippen LogP contribution in [0.2, 0.25) is 0 Å². The van der Waals surface area contributed by atoms with E-state index >= 15 is 0 Å². The number of nitrogens with zero attached hydrogens (tertiary/aromatic N) is 2. The maximum Gasteiger partial charge on any atom is 0.327 e. The minimum atomic E-state index is -1.42. The molecule has 4 rings (SSSR count). The minimum Gasteiger partial charge on any atom is -0.480 e. The smallest absolute Gasteiger partial charge is 0.327 e. The number of piperidine rings is 1. The van der Waals surface area contributed by atoms with E-state index in [9.17, 15) is 38.7 Å². The zero-order valence-corrected chi connectivity index (χ0v) is 36.0. The highest BCUT2D eigenvalue weighted by atomic mass is 33.1. The summed E-state index contributed by atoms with van der Waals surface area (Å²) in [6.45, 7) is 2.38. The van der Waals surface area contributed by atoms with Crippen LogP contribution in [0.3, 0.4) is 0 Å². The van der Waals surface area contributed by atoms with E-state index in [1.807, 2.05) is 0 Å². The van der Waals surface area contributed by atoms with Crippen LogP contribution >= 0.6 is 21.6 Å². The average molecular weight is 897 g/mol. The van der Waals surface area contributed by atoms with E-state index < -0.39 is 77.7 Å². The number of hydrogen-bond donors (Lipinski definition) is 11. The maximum atomic E-state index is 14.2. The SMILES string of the molecule is C[C@H](NC(=O)C1CCN(C(=N)N)CC1)C(=O)N[C@H]1CSSC[C@@H](C(=O)O)NC(=O)[C@H](Cc2ccccc2)NC(=O)[C@H](Cc2ccccc2)NC(=O)[C@H](CCCN=C(N)N)NC1=O. The molecule has 22 heteroatoms. The Kier molecular flexibility index (Phi) is 19.2. The van der Waals surface area contributed by atoms with Gasteiger partial charge in [0.25, 0.3) is 0 Å². The van der Waals surface area contributed by atoms with Crippen LogP contribution in [0.5, 0.6) is 0 Å². The highest BCUT2D eigenvalue weighted by Gasteiger charge is 2.35. The van der Waals surface area contributed by atoms with Crippen molar-refractivity contribution in [2.75, 3.05) is 31.1 Å². The second kappa shape index (κ2) is 24.4. The van der Waals surface area contributed by atoms with E-state index in [1.165, 1.54) is 6.92 Å². The zero-order chi connectivity index (χ0) is 45.2. The Hall–Kier alpha value is -6.03. The van der Waals surface area contributed by atoms with Gasteiger partial charge in [0.15, 0.2) is 11.9 Å². The summed E-state index contributed by atoms with van der Waals surface area (Å²) in [5.41, 5.74) is 17.9. The van der Waals surface area contributed by atoms with Gasteiger partial charge in [0, 0.05) is 49.9 Å². The summed E-state index contributed by atoms with van der Waals surface area (Å²) in [6.07, 6.45) is 1.05. The molecule has 2 heterocycles. The summed E-state index contributed by atoms with van der Waals surface area (Å²) >= 11 is 0. The topological polar surface area (TPSA) is 329 Å². The van der Waals surface area contributed by atoms with E-state index in [4.69, 9.17) is 22.6 Å². The number of nitrogens with two attached hydrogens (primary N) is 3. The Labute approximate surface area is 367 Å². The predicted molar refractivity (Wildman–Crippen MR) is 236 cm³/mol. The van der Waals surface area contributed by atoms with E-state index in [-0.39, 0.29) is 61.6 Å². The van der Waals surface area contributed by atoms with Gasteiger partial charge in [-0.15, -0.1) is 0 Å². The van der Waals surface area contributed by atoms with Crippen molar-refractivity contribution in [2.45, 2.75) is 81.7 Å². The fourth-order valence-electron chi connectivity index (χ4n) is 6.65. The van der Waals surface area contributed by atoms with Crippen LogP contribution in [0.25, 0.3) is 0 Å². The second-order valence-electron chi connectivity index (χ2n) is 14.9. The number of benzene rings is 2. The molecule has 0 saturated carbocycles. The molecular weight excluding hydrogens is 841 g/mol. The molecule has 2 aliphatic rings. The number of aliphatic imine (C=N–C) groups is 1. The molecule has 2 aromatic carbocycles. The molecule has 0 unspecified atom stereocenters. The Morgan fingerprint density at radius 3 is 1.85 bits per heavy atom. The van der Waals surface area contributed by atoms with E-state index in [0.717, 1.165) is 21.6 Å². The lowest BCUT2D eigenvalue weighted by molar-refractivity contribution is -0.141. The number of amides is 6. The fraction of sp³-hybridized carbons (Fsp3) is 0.475. The minimum absolute atomic E-state index is 0.00149. The molecular formula is C40H56N12O8S2. The Bertz CT molecular complexity index is 1920. The molecule has 0 aliphatic carbocycles. The molecule has 0 radical (unpaired) electrons. The Balaban J connectivity index is 1.63. The summed E-state index contributed by atoms with van der Waals surface area (Å²) < 4.78 is 0. The van der Waals surface area contributed by atoms with Gasteiger partial charge in [0.05, 0.1) is 0 Å². The Morgan fingerprint density at radius 1 is 0.806 bits per heavy atom. The molecule has 0 bridgehead atoms. The van der Waals surface area contributed by atoms with E-state index in [0.29, 0.717) is 37.1 Å². The van der Waals surface area contributed by atoms with Crippen LogP contribution < -0.4 is 49.1 Å². The summed E-state index contributed by atoms with van der Waals surface area (Å²) in [5, 5.41) is 33.8. The zero-order valence-electron chi connectivity index (χ0n) is 34.3. The normalized spacial score (nSPS) is 22.6. The summed E-state index contributed by atoms with van der Waals surface area (Å²) in [6, 6.07) is 10.0. The molecule has 0 spiro atoms. The average Bonchev–Trinajstić information content (AvgIpc) is 3.24. The molecule has 2 fully saturated rings. The first kappa shape index (κ1) is 48.6. The number of likely N-dealkylation sites (tertiary alicyclic amines) is 1. The summed E-state index contributed by atoms with van der Waals surface area (Å²) in [5.74, 6) is -6.43. The molecule has 6 atom stereocenters. The first-order chi connectivity index (χ1) is 29.6. The third-order valence-electron chi connectivity index (χ3n) is 10.2. The van der Waals surface area contributed by atoms with Gasteiger partial charge < -0.3 is 59.1 Å². The van der Waals surface area contributed by atoms with Gasteiger partial charge in [-0.2, -0.15) is 0 Å². The number of carbonyl (C=O) groups excluding carboxylic acids is 6. The molecule has 336 valence electrons. The van der Waals surface area contributed by atoms with Crippen molar-refractivity contribution in [1.29, 1.82) is 5.41 Å². The highest BCUT2D eigenvalue weighted by molar-refractivity contribution is 8.76.